The van der Waals surface area contributed by atoms with Crippen molar-refractivity contribution >= 4 is 6.16 Å². The Kier molecular flexibility index (Phi) is 24.7. The van der Waals surface area contributed by atoms with Gasteiger partial charge in [-0.2, -0.15) is 0 Å². The molecule has 3 nitrogen and oxygen atoms in total. The number of carbonyl (C=O) groups is 1. The smallest absolute Gasteiger partial charge is 0.450 e. The van der Waals surface area contributed by atoms with Crippen molar-refractivity contribution < 1.29 is 73.2 Å². The van der Waals surface area contributed by atoms with Gasteiger partial charge < -0.3 is 17.6 Å². The van der Waals surface area contributed by atoms with Crippen LogP contribution in [0.2, 0.25) is 0 Å². The molecule has 6 heavy (non-hydrogen) atoms. The van der Waals surface area contributed by atoms with Gasteiger partial charge in [-0.05, 0) is 0 Å². The van der Waals surface area contributed by atoms with Crippen LogP contribution in [0.25, 0.3) is 0 Å². The molecule has 0 fully saturated rings. The molecule has 0 spiro atoms. The van der Waals surface area contributed by atoms with E-state index in [1.165, 1.54) is 0 Å². The Morgan fingerprint density at radius 3 is 1.33 bits per heavy atom. The maximum Gasteiger partial charge on any atom is 1.00 e. The summed E-state index contributed by atoms with van der Waals surface area (Å²) in [6.07, 6.45) is -1.83. The van der Waals surface area contributed by atoms with E-state index in [0.717, 1.165) is 0 Å². The van der Waals surface area contributed by atoms with Gasteiger partial charge in [0.05, 0.1) is 0 Å². The van der Waals surface area contributed by atoms with Crippen LogP contribution in [-0.4, -0.2) is 16.4 Å². The summed E-state index contributed by atoms with van der Waals surface area (Å²) in [5, 5.41) is 13.9. The molecule has 0 saturated heterocycles. The quantitative estimate of drug-likeness (QED) is 0.393. The fourth-order valence-electron chi connectivity index (χ4n) is 0. The van der Waals surface area contributed by atoms with Crippen LogP contribution >= 0.6 is 0 Å². The van der Waals surface area contributed by atoms with Crippen LogP contribution in [0, 0.1) is 7.43 Å². The zero-order chi connectivity index (χ0) is 3.58. The maximum absolute atomic E-state index is 8.56. The third kappa shape index (κ3) is 72.9. The molecule has 2 N–H and O–H groups in total. The number of rotatable bonds is 0. The van der Waals surface area contributed by atoms with Gasteiger partial charge in [-0.3, -0.25) is 0 Å². The molecule has 0 saturated carbocycles. The Bertz CT molecular complexity index is 31.8. The van der Waals surface area contributed by atoms with E-state index in [9.17, 15) is 0 Å². The predicted molar refractivity (Wildman–Crippen MR) is 17.1 cm³/mol. The van der Waals surface area contributed by atoms with E-state index < -0.39 is 6.16 Å². The second-order valence-electron chi connectivity index (χ2n) is 0.283. The van der Waals surface area contributed by atoms with Crippen molar-refractivity contribution in [2.24, 2.45) is 0 Å². The second kappa shape index (κ2) is 9.42. The molecule has 32 valence electrons. The molecule has 0 aromatic carbocycles. The van der Waals surface area contributed by atoms with E-state index in [1.54, 1.807) is 0 Å². The molecule has 0 radical (unpaired) electrons. The SMILES string of the molecule is O=C(O)O.[CH3-].[Rb+]. The summed E-state index contributed by atoms with van der Waals surface area (Å²) in [5.74, 6) is 0. The minimum absolute atomic E-state index is 0. The molecule has 0 heterocycles. The van der Waals surface area contributed by atoms with Gasteiger partial charge in [0.1, 0.15) is 0 Å². The Balaban J connectivity index is -0.0000000450. The summed E-state index contributed by atoms with van der Waals surface area (Å²) in [6, 6.07) is 0. The van der Waals surface area contributed by atoms with Crippen LogP contribution in [0.1, 0.15) is 0 Å². The summed E-state index contributed by atoms with van der Waals surface area (Å²) >= 11 is 0. The fraction of sp³-hybridized carbons (Fsp3) is 0. The molecule has 0 atom stereocenters. The topological polar surface area (TPSA) is 57.5 Å². The van der Waals surface area contributed by atoms with Crippen molar-refractivity contribution in [1.29, 1.82) is 0 Å². The summed E-state index contributed by atoms with van der Waals surface area (Å²) in [4.78, 5) is 8.56. The molecule has 0 aliphatic rings. The van der Waals surface area contributed by atoms with Crippen LogP contribution in [-0.2, 0) is 0 Å². The van der Waals surface area contributed by atoms with Crippen molar-refractivity contribution in [2.75, 3.05) is 0 Å². The van der Waals surface area contributed by atoms with Crippen molar-refractivity contribution in [1.82, 2.24) is 0 Å². The normalized spacial score (nSPS) is 4.00. The zero-order valence-corrected chi connectivity index (χ0v) is 8.72. The number of hydrogen-bond acceptors (Lipinski definition) is 1. The standard InChI is InChI=1S/CH2O3.CH3.Rb/c2-1(3)4;;/h(H2,2,3,4);1H3;/q;-1;+1. The van der Waals surface area contributed by atoms with E-state index in [1.807, 2.05) is 0 Å². The largest absolute Gasteiger partial charge is 1.00 e. The molecule has 0 aromatic heterocycles. The van der Waals surface area contributed by atoms with E-state index in [2.05, 4.69) is 0 Å². The molecular weight excluding hydrogens is 157 g/mol. The van der Waals surface area contributed by atoms with Gasteiger partial charge in [-0.1, -0.05) is 0 Å². The Morgan fingerprint density at radius 1 is 1.33 bits per heavy atom. The summed E-state index contributed by atoms with van der Waals surface area (Å²) < 4.78 is 0. The van der Waals surface area contributed by atoms with Crippen molar-refractivity contribution in [3.05, 3.63) is 7.43 Å². The molecule has 0 rings (SSSR count). The van der Waals surface area contributed by atoms with E-state index >= 15 is 0 Å². The zero-order valence-electron chi connectivity index (χ0n) is 3.80. The van der Waals surface area contributed by atoms with Gasteiger partial charge in [0, 0.05) is 0 Å². The Morgan fingerprint density at radius 2 is 1.33 bits per heavy atom. The van der Waals surface area contributed by atoms with Gasteiger partial charge in [-0.15, -0.1) is 0 Å². The average Bonchev–Trinajstić information content (AvgIpc) is 0.811. The first-order chi connectivity index (χ1) is 1.73. The van der Waals surface area contributed by atoms with Gasteiger partial charge in [0.15, 0.2) is 0 Å². The van der Waals surface area contributed by atoms with Gasteiger partial charge in [-0.25, -0.2) is 4.79 Å². The van der Waals surface area contributed by atoms with Crippen LogP contribution in [0.3, 0.4) is 0 Å². The van der Waals surface area contributed by atoms with Crippen LogP contribution < -0.4 is 58.2 Å². The Labute approximate surface area is 85.2 Å². The molecule has 0 amide bonds. The number of hydrogen-bond donors (Lipinski definition) is 2. The maximum atomic E-state index is 8.56. The first-order valence-electron chi connectivity index (χ1n) is 0.651. The van der Waals surface area contributed by atoms with Crippen LogP contribution in [0.5, 0.6) is 0 Å². The minimum Gasteiger partial charge on any atom is -0.450 e. The molecule has 0 bridgehead atoms. The monoisotopic (exact) mass is 162 g/mol. The molecular formula is C2H5O3Rb. The molecule has 0 aliphatic heterocycles. The summed E-state index contributed by atoms with van der Waals surface area (Å²) in [5.41, 5.74) is 0. The first kappa shape index (κ1) is 15.7. The van der Waals surface area contributed by atoms with E-state index in [-0.39, 0.29) is 65.6 Å². The molecule has 0 unspecified atom stereocenters. The molecule has 0 aliphatic carbocycles. The Hall–Kier alpha value is 1.08. The van der Waals surface area contributed by atoms with Crippen molar-refractivity contribution in [3.63, 3.8) is 0 Å². The predicted octanol–water partition coefficient (Wildman–Crippen LogP) is -2.32. The van der Waals surface area contributed by atoms with Crippen molar-refractivity contribution in [3.8, 4) is 0 Å². The van der Waals surface area contributed by atoms with Crippen LogP contribution in [0.15, 0.2) is 0 Å². The van der Waals surface area contributed by atoms with Gasteiger partial charge in [0.25, 0.3) is 0 Å². The summed E-state index contributed by atoms with van der Waals surface area (Å²) in [6.45, 7) is 0. The first-order valence-corrected chi connectivity index (χ1v) is 0.651. The third-order valence-electron chi connectivity index (χ3n) is 0. The minimum atomic E-state index is -1.83. The third-order valence-corrected chi connectivity index (χ3v) is 0. The van der Waals surface area contributed by atoms with E-state index in [0.29, 0.717) is 0 Å². The summed E-state index contributed by atoms with van der Waals surface area (Å²) in [7, 11) is 0. The number of carboxylic acid groups (broad SMARTS) is 2. The molecule has 0 aromatic rings. The van der Waals surface area contributed by atoms with E-state index in [4.69, 9.17) is 15.0 Å². The van der Waals surface area contributed by atoms with Gasteiger partial charge in [0.2, 0.25) is 0 Å². The average molecular weight is 163 g/mol. The molecule has 4 heteroatoms. The van der Waals surface area contributed by atoms with Gasteiger partial charge >= 0.3 is 64.3 Å². The van der Waals surface area contributed by atoms with Crippen LogP contribution in [0.4, 0.5) is 4.79 Å². The van der Waals surface area contributed by atoms with Crippen molar-refractivity contribution in [2.45, 2.75) is 0 Å². The second-order valence-corrected chi connectivity index (χ2v) is 0.283. The fourth-order valence-corrected chi connectivity index (χ4v) is 0.